The van der Waals surface area contributed by atoms with Gasteiger partial charge < -0.3 is 15.6 Å². The summed E-state index contributed by atoms with van der Waals surface area (Å²) in [5.74, 6) is -0.191. The molecular weight excluding hydrogens is 500 g/mol. The van der Waals surface area contributed by atoms with Crippen molar-refractivity contribution in [3.05, 3.63) is 65.9 Å². The normalized spacial score (nSPS) is 21.5. The predicted octanol–water partition coefficient (Wildman–Crippen LogP) is 3.30. The Morgan fingerprint density at radius 1 is 1.21 bits per heavy atom. The van der Waals surface area contributed by atoms with Crippen molar-refractivity contribution in [1.82, 2.24) is 20.5 Å². The summed E-state index contributed by atoms with van der Waals surface area (Å²) in [6, 6.07) is 16.2. The number of nitriles is 1. The molecule has 2 aromatic carbocycles. The molecule has 198 valence electrons. The second-order valence-corrected chi connectivity index (χ2v) is 12.9. The fraction of sp³-hybridized carbons (Fsp3) is 0.393. The summed E-state index contributed by atoms with van der Waals surface area (Å²) in [6.45, 7) is 7.76. The van der Waals surface area contributed by atoms with E-state index in [1.807, 2.05) is 45.2 Å². The molecular formula is C28H32N6O3S. The van der Waals surface area contributed by atoms with Gasteiger partial charge >= 0.3 is 0 Å². The molecule has 2 aliphatic heterocycles. The molecule has 3 aromatic rings. The highest BCUT2D eigenvalue weighted by atomic mass is 32.2. The zero-order valence-electron chi connectivity index (χ0n) is 21.8. The van der Waals surface area contributed by atoms with E-state index in [4.69, 9.17) is 0 Å². The molecule has 5 rings (SSSR count). The third-order valence-electron chi connectivity index (χ3n) is 7.07. The van der Waals surface area contributed by atoms with Crippen molar-refractivity contribution in [3.8, 4) is 6.07 Å². The molecule has 3 N–H and O–H groups in total. The van der Waals surface area contributed by atoms with Gasteiger partial charge in [0.15, 0.2) is 0 Å². The minimum Gasteiger partial charge on any atom is -0.361 e. The van der Waals surface area contributed by atoms with Crippen molar-refractivity contribution >= 4 is 32.7 Å². The number of amides is 1. The number of benzene rings is 2. The number of rotatable bonds is 6. The zero-order valence-corrected chi connectivity index (χ0v) is 22.6. The molecule has 0 bridgehead atoms. The lowest BCUT2D eigenvalue weighted by Crippen LogP contribution is -2.56. The minimum atomic E-state index is -3.82. The lowest BCUT2D eigenvalue weighted by atomic mass is 9.87. The van der Waals surface area contributed by atoms with E-state index in [0.717, 1.165) is 16.5 Å². The van der Waals surface area contributed by atoms with Crippen LogP contribution in [0.2, 0.25) is 0 Å². The van der Waals surface area contributed by atoms with E-state index in [-0.39, 0.29) is 22.1 Å². The van der Waals surface area contributed by atoms with Gasteiger partial charge in [0.25, 0.3) is 10.0 Å². The van der Waals surface area contributed by atoms with Crippen LogP contribution in [0.15, 0.2) is 64.0 Å². The van der Waals surface area contributed by atoms with E-state index in [1.165, 1.54) is 6.07 Å². The van der Waals surface area contributed by atoms with E-state index < -0.39 is 21.6 Å². The quantitative estimate of drug-likeness (QED) is 0.447. The molecule has 3 heterocycles. The number of amidine groups is 1. The number of para-hydroxylation sites is 1. The Kier molecular flexibility index (Phi) is 6.53. The molecule has 2 aliphatic rings. The topological polar surface area (TPSA) is 130 Å². The Morgan fingerprint density at radius 3 is 2.71 bits per heavy atom. The molecule has 2 unspecified atom stereocenters. The number of hydrogen-bond acceptors (Lipinski definition) is 6. The molecule has 1 aromatic heterocycles. The van der Waals surface area contributed by atoms with Crippen LogP contribution in [-0.4, -0.2) is 54.7 Å². The first-order valence-corrected chi connectivity index (χ1v) is 14.1. The van der Waals surface area contributed by atoms with Gasteiger partial charge in [-0.25, -0.2) is 0 Å². The first-order chi connectivity index (χ1) is 18.0. The van der Waals surface area contributed by atoms with Gasteiger partial charge in [0.05, 0.1) is 6.07 Å². The SMILES string of the molecule is CC(C)(C)CC(NC1=NS(=O)(=O)c2ccccc21)C(=O)NC1(C#N)CCN(Cc2c[nH]c3ccccc23)C1. The van der Waals surface area contributed by atoms with E-state index in [2.05, 4.69) is 37.1 Å². The number of aromatic amines is 1. The molecule has 1 amide bonds. The second-order valence-electron chi connectivity index (χ2n) is 11.4. The summed E-state index contributed by atoms with van der Waals surface area (Å²) in [5.41, 5.74) is 1.37. The number of nitrogens with zero attached hydrogens (tertiary/aromatic N) is 3. The average molecular weight is 533 g/mol. The van der Waals surface area contributed by atoms with Gasteiger partial charge in [-0.3, -0.25) is 9.69 Å². The lowest BCUT2D eigenvalue weighted by Gasteiger charge is -2.30. The van der Waals surface area contributed by atoms with Crippen molar-refractivity contribution in [1.29, 1.82) is 5.26 Å². The molecule has 0 saturated carbocycles. The zero-order chi connectivity index (χ0) is 27.1. The predicted molar refractivity (Wildman–Crippen MR) is 146 cm³/mol. The third-order valence-corrected chi connectivity index (χ3v) is 8.40. The Labute approximate surface area is 223 Å². The van der Waals surface area contributed by atoms with Crippen LogP contribution in [0.25, 0.3) is 10.9 Å². The Hall–Kier alpha value is -3.68. The summed E-state index contributed by atoms with van der Waals surface area (Å²) in [7, 11) is -3.82. The Bertz CT molecular complexity index is 1560. The molecule has 1 fully saturated rings. The summed E-state index contributed by atoms with van der Waals surface area (Å²) >= 11 is 0. The van der Waals surface area contributed by atoms with Crippen LogP contribution >= 0.6 is 0 Å². The smallest absolute Gasteiger partial charge is 0.285 e. The van der Waals surface area contributed by atoms with Crippen molar-refractivity contribution in [3.63, 3.8) is 0 Å². The summed E-state index contributed by atoms with van der Waals surface area (Å²) in [4.78, 5) is 19.2. The number of fused-ring (bicyclic) bond motifs is 2. The van der Waals surface area contributed by atoms with Gasteiger partial charge in [-0.2, -0.15) is 13.7 Å². The van der Waals surface area contributed by atoms with E-state index in [1.54, 1.807) is 18.2 Å². The Balaban J connectivity index is 1.33. The van der Waals surface area contributed by atoms with E-state index in [0.29, 0.717) is 38.0 Å². The third kappa shape index (κ3) is 5.17. The van der Waals surface area contributed by atoms with E-state index in [9.17, 15) is 18.5 Å². The summed E-state index contributed by atoms with van der Waals surface area (Å²) < 4.78 is 29.0. The van der Waals surface area contributed by atoms with Gasteiger partial charge in [-0.05, 0) is 42.0 Å². The minimum absolute atomic E-state index is 0.120. The van der Waals surface area contributed by atoms with E-state index >= 15 is 0 Å². The number of aromatic nitrogens is 1. The number of carbonyl (C=O) groups is 1. The van der Waals surface area contributed by atoms with Crippen molar-refractivity contribution < 1.29 is 13.2 Å². The maximum absolute atomic E-state index is 13.6. The summed E-state index contributed by atoms with van der Waals surface area (Å²) in [5, 5.41) is 17.4. The molecule has 1 saturated heterocycles. The van der Waals surface area contributed by atoms with Crippen molar-refractivity contribution in [2.45, 2.75) is 56.6 Å². The number of H-pyrrole nitrogens is 1. The highest BCUT2D eigenvalue weighted by Crippen LogP contribution is 2.29. The standard InChI is InChI=1S/C28H32N6O3S/c1-27(2,3)14-23(31-25-21-9-5-7-11-24(21)38(36,37)33-25)26(35)32-28(17-29)12-13-34(18-28)16-19-15-30-22-10-6-4-8-20(19)22/h4-11,15,23,30H,12-14,16,18H2,1-3H3,(H,31,33)(H,32,35). The number of sulfonamides is 1. The molecule has 0 spiro atoms. The number of hydrogen-bond donors (Lipinski definition) is 3. The van der Waals surface area contributed by atoms with Crippen molar-refractivity contribution in [2.75, 3.05) is 13.1 Å². The van der Waals surface area contributed by atoms with Crippen LogP contribution in [-0.2, 0) is 21.4 Å². The maximum atomic E-state index is 13.6. The van der Waals surface area contributed by atoms with Crippen LogP contribution < -0.4 is 10.6 Å². The molecule has 10 heteroatoms. The monoisotopic (exact) mass is 532 g/mol. The highest BCUT2D eigenvalue weighted by molar-refractivity contribution is 7.90. The average Bonchev–Trinajstić information content (AvgIpc) is 3.53. The van der Waals surface area contributed by atoms with Gasteiger partial charge in [-0.1, -0.05) is 51.1 Å². The molecule has 38 heavy (non-hydrogen) atoms. The van der Waals surface area contributed by atoms with Gasteiger partial charge in [0.2, 0.25) is 5.91 Å². The first-order valence-electron chi connectivity index (χ1n) is 12.7. The van der Waals surface area contributed by atoms with Gasteiger partial charge in [0, 0.05) is 42.3 Å². The van der Waals surface area contributed by atoms with Crippen LogP contribution in [0.4, 0.5) is 0 Å². The number of likely N-dealkylation sites (tertiary alicyclic amines) is 1. The van der Waals surface area contributed by atoms with Crippen LogP contribution in [0.5, 0.6) is 0 Å². The number of nitrogens with one attached hydrogen (secondary N) is 3. The molecule has 9 nitrogen and oxygen atoms in total. The van der Waals surface area contributed by atoms with Gasteiger partial charge in [0.1, 0.15) is 22.3 Å². The largest absolute Gasteiger partial charge is 0.361 e. The first kappa shape index (κ1) is 25.9. The Morgan fingerprint density at radius 2 is 1.95 bits per heavy atom. The molecule has 2 atom stereocenters. The lowest BCUT2D eigenvalue weighted by molar-refractivity contribution is -0.124. The second kappa shape index (κ2) is 9.57. The fourth-order valence-corrected chi connectivity index (χ4v) is 6.45. The maximum Gasteiger partial charge on any atom is 0.285 e. The van der Waals surface area contributed by atoms with Crippen LogP contribution in [0.1, 0.15) is 44.7 Å². The number of carbonyl (C=O) groups excluding carboxylic acids is 1. The molecule has 0 aliphatic carbocycles. The summed E-state index contributed by atoms with van der Waals surface area (Å²) in [6.07, 6.45) is 2.91. The fourth-order valence-electron chi connectivity index (χ4n) is 5.27. The van der Waals surface area contributed by atoms with Crippen molar-refractivity contribution in [2.24, 2.45) is 9.81 Å². The van der Waals surface area contributed by atoms with Gasteiger partial charge in [-0.15, -0.1) is 4.40 Å². The van der Waals surface area contributed by atoms with Crippen LogP contribution in [0.3, 0.4) is 0 Å². The highest BCUT2D eigenvalue weighted by Gasteiger charge is 2.42. The van der Waals surface area contributed by atoms with Crippen LogP contribution in [0, 0.1) is 16.7 Å². The molecule has 0 radical (unpaired) electrons.